The predicted molar refractivity (Wildman–Crippen MR) is 86.1 cm³/mol. The summed E-state index contributed by atoms with van der Waals surface area (Å²) in [4.78, 5) is 16.8. The van der Waals surface area contributed by atoms with Crippen molar-refractivity contribution >= 4 is 16.9 Å². The Morgan fingerprint density at radius 2 is 2.39 bits per heavy atom. The zero-order valence-electron chi connectivity index (χ0n) is 12.9. The lowest BCUT2D eigenvalue weighted by atomic mass is 10.2. The van der Waals surface area contributed by atoms with E-state index in [9.17, 15) is 4.79 Å². The van der Waals surface area contributed by atoms with Crippen LogP contribution in [0.25, 0.3) is 11.0 Å². The lowest BCUT2D eigenvalue weighted by Gasteiger charge is -2.16. The summed E-state index contributed by atoms with van der Waals surface area (Å²) >= 11 is 0. The van der Waals surface area contributed by atoms with Gasteiger partial charge in [0, 0.05) is 30.9 Å². The summed E-state index contributed by atoms with van der Waals surface area (Å²) in [7, 11) is 0. The first-order valence-corrected chi connectivity index (χ1v) is 7.71. The molecule has 1 aromatic carbocycles. The van der Waals surface area contributed by atoms with E-state index in [2.05, 4.69) is 20.2 Å². The van der Waals surface area contributed by atoms with Crippen LogP contribution >= 0.6 is 0 Å². The standard InChI is InChI=1S/C17H18N4O2/c1-11-3-2-4-12-7-14(23-16(11)12)17(22)20-13-8-18-9-15-19-5-6-21(15)10-13/h2-7,13,18H,8-10H2,1H3,(H,20,22). The van der Waals surface area contributed by atoms with Crippen LogP contribution in [0.2, 0.25) is 0 Å². The van der Waals surface area contributed by atoms with E-state index in [1.54, 1.807) is 12.3 Å². The molecule has 0 bridgehead atoms. The third-order valence-electron chi connectivity index (χ3n) is 4.19. The highest BCUT2D eigenvalue weighted by atomic mass is 16.3. The van der Waals surface area contributed by atoms with Crippen molar-refractivity contribution < 1.29 is 9.21 Å². The number of furan rings is 1. The Morgan fingerprint density at radius 3 is 3.26 bits per heavy atom. The number of carbonyl (C=O) groups is 1. The number of para-hydroxylation sites is 1. The van der Waals surface area contributed by atoms with E-state index in [1.807, 2.05) is 31.3 Å². The number of benzene rings is 1. The Hall–Kier alpha value is -2.60. The van der Waals surface area contributed by atoms with Gasteiger partial charge in [0.25, 0.3) is 5.91 Å². The summed E-state index contributed by atoms with van der Waals surface area (Å²) in [5.74, 6) is 1.15. The SMILES string of the molecule is Cc1cccc2cc(C(=O)NC3CNCc4nccn4C3)oc12. The van der Waals surface area contributed by atoms with Crippen LogP contribution in [0.3, 0.4) is 0 Å². The van der Waals surface area contributed by atoms with Crippen LogP contribution in [-0.2, 0) is 13.1 Å². The molecule has 1 aliphatic heterocycles. The maximum Gasteiger partial charge on any atom is 0.287 e. The minimum Gasteiger partial charge on any atom is -0.451 e. The van der Waals surface area contributed by atoms with E-state index in [0.717, 1.165) is 22.4 Å². The minimum absolute atomic E-state index is 0.00717. The Kier molecular flexibility index (Phi) is 3.38. The summed E-state index contributed by atoms with van der Waals surface area (Å²) in [5.41, 5.74) is 1.80. The summed E-state index contributed by atoms with van der Waals surface area (Å²) in [6.07, 6.45) is 3.72. The van der Waals surface area contributed by atoms with Crippen molar-refractivity contribution in [2.45, 2.75) is 26.1 Å². The molecule has 0 fully saturated rings. The first-order valence-electron chi connectivity index (χ1n) is 7.71. The molecule has 118 valence electrons. The molecule has 6 heteroatoms. The van der Waals surface area contributed by atoms with E-state index in [0.29, 0.717) is 25.4 Å². The molecule has 0 spiro atoms. The highest BCUT2D eigenvalue weighted by molar-refractivity contribution is 5.96. The van der Waals surface area contributed by atoms with Crippen molar-refractivity contribution in [1.29, 1.82) is 0 Å². The summed E-state index contributed by atoms with van der Waals surface area (Å²) in [6.45, 7) is 4.09. The summed E-state index contributed by atoms with van der Waals surface area (Å²) in [6, 6.07) is 7.68. The van der Waals surface area contributed by atoms with Gasteiger partial charge in [-0.1, -0.05) is 18.2 Å². The van der Waals surface area contributed by atoms with Crippen molar-refractivity contribution in [1.82, 2.24) is 20.2 Å². The average Bonchev–Trinajstić information content (AvgIpc) is 3.11. The first kappa shape index (κ1) is 14.0. The highest BCUT2D eigenvalue weighted by Gasteiger charge is 2.21. The summed E-state index contributed by atoms with van der Waals surface area (Å²) in [5, 5.41) is 7.30. The number of hydrogen-bond donors (Lipinski definition) is 2. The van der Waals surface area contributed by atoms with Gasteiger partial charge in [0.2, 0.25) is 0 Å². The molecule has 0 radical (unpaired) electrons. The zero-order chi connectivity index (χ0) is 15.8. The fourth-order valence-corrected chi connectivity index (χ4v) is 3.01. The van der Waals surface area contributed by atoms with Crippen LogP contribution < -0.4 is 10.6 Å². The first-order chi connectivity index (χ1) is 11.2. The molecule has 4 rings (SSSR count). The molecule has 1 amide bonds. The van der Waals surface area contributed by atoms with Crippen molar-refractivity contribution in [3.8, 4) is 0 Å². The normalized spacial score (nSPS) is 17.7. The Labute approximate surface area is 133 Å². The number of aryl methyl sites for hydroxylation is 1. The molecule has 0 aliphatic carbocycles. The van der Waals surface area contributed by atoms with E-state index in [4.69, 9.17) is 4.42 Å². The molecule has 1 unspecified atom stereocenters. The van der Waals surface area contributed by atoms with Gasteiger partial charge < -0.3 is 19.6 Å². The van der Waals surface area contributed by atoms with Gasteiger partial charge >= 0.3 is 0 Å². The Bertz CT molecular complexity index is 864. The predicted octanol–water partition coefficient (Wildman–Crippen LogP) is 1.84. The molecule has 2 N–H and O–H groups in total. The molecule has 1 aliphatic rings. The molecular weight excluding hydrogens is 292 g/mol. The third-order valence-corrected chi connectivity index (χ3v) is 4.19. The second-order valence-corrected chi connectivity index (χ2v) is 5.90. The fraction of sp³-hybridized carbons (Fsp3) is 0.294. The van der Waals surface area contributed by atoms with Crippen LogP contribution in [0.1, 0.15) is 21.9 Å². The molecule has 2 aromatic heterocycles. The molecule has 23 heavy (non-hydrogen) atoms. The van der Waals surface area contributed by atoms with Crippen LogP contribution in [0.4, 0.5) is 0 Å². The Morgan fingerprint density at radius 1 is 1.48 bits per heavy atom. The molecular formula is C17H18N4O2. The van der Waals surface area contributed by atoms with Crippen molar-refractivity contribution in [3.63, 3.8) is 0 Å². The zero-order valence-corrected chi connectivity index (χ0v) is 12.9. The molecule has 3 aromatic rings. The van der Waals surface area contributed by atoms with Crippen molar-refractivity contribution in [3.05, 3.63) is 53.8 Å². The highest BCUT2D eigenvalue weighted by Crippen LogP contribution is 2.22. The van der Waals surface area contributed by atoms with Gasteiger partial charge in [0.05, 0.1) is 12.6 Å². The third kappa shape index (κ3) is 2.61. The molecule has 0 saturated heterocycles. The van der Waals surface area contributed by atoms with Crippen molar-refractivity contribution in [2.75, 3.05) is 6.54 Å². The molecule has 6 nitrogen and oxygen atoms in total. The number of imidazole rings is 1. The maximum atomic E-state index is 12.5. The molecule has 0 saturated carbocycles. The van der Waals surface area contributed by atoms with Gasteiger partial charge in [0.15, 0.2) is 5.76 Å². The van der Waals surface area contributed by atoms with Crippen LogP contribution in [0, 0.1) is 6.92 Å². The van der Waals surface area contributed by atoms with Gasteiger partial charge in [-0.15, -0.1) is 0 Å². The number of nitrogens with one attached hydrogen (secondary N) is 2. The van der Waals surface area contributed by atoms with Crippen LogP contribution in [-0.4, -0.2) is 28.0 Å². The van der Waals surface area contributed by atoms with Gasteiger partial charge in [-0.3, -0.25) is 4.79 Å². The second-order valence-electron chi connectivity index (χ2n) is 5.90. The largest absolute Gasteiger partial charge is 0.451 e. The van der Waals surface area contributed by atoms with Gasteiger partial charge in [-0.2, -0.15) is 0 Å². The monoisotopic (exact) mass is 310 g/mol. The summed E-state index contributed by atoms with van der Waals surface area (Å²) < 4.78 is 7.80. The van der Waals surface area contributed by atoms with Crippen molar-refractivity contribution in [2.24, 2.45) is 0 Å². The van der Waals surface area contributed by atoms with E-state index >= 15 is 0 Å². The minimum atomic E-state index is -0.184. The number of aromatic nitrogens is 2. The number of nitrogens with zero attached hydrogens (tertiary/aromatic N) is 2. The van der Waals surface area contributed by atoms with Gasteiger partial charge in [-0.05, 0) is 18.6 Å². The fourth-order valence-electron chi connectivity index (χ4n) is 3.01. The number of rotatable bonds is 2. The smallest absolute Gasteiger partial charge is 0.287 e. The van der Waals surface area contributed by atoms with Gasteiger partial charge in [-0.25, -0.2) is 4.98 Å². The van der Waals surface area contributed by atoms with E-state index < -0.39 is 0 Å². The lowest BCUT2D eigenvalue weighted by molar-refractivity contribution is 0.0907. The average molecular weight is 310 g/mol. The van der Waals surface area contributed by atoms with E-state index in [1.165, 1.54) is 0 Å². The van der Waals surface area contributed by atoms with Crippen LogP contribution in [0.5, 0.6) is 0 Å². The number of amides is 1. The van der Waals surface area contributed by atoms with Crippen LogP contribution in [0.15, 0.2) is 41.1 Å². The number of fused-ring (bicyclic) bond motifs is 2. The second kappa shape index (κ2) is 5.55. The van der Waals surface area contributed by atoms with Gasteiger partial charge in [0.1, 0.15) is 11.4 Å². The Balaban J connectivity index is 1.54. The number of carbonyl (C=O) groups excluding carboxylic acids is 1. The number of hydrogen-bond acceptors (Lipinski definition) is 4. The molecule has 1 atom stereocenters. The molecule has 3 heterocycles. The maximum absolute atomic E-state index is 12.5. The van der Waals surface area contributed by atoms with E-state index in [-0.39, 0.29) is 11.9 Å². The topological polar surface area (TPSA) is 72.1 Å². The lowest BCUT2D eigenvalue weighted by Crippen LogP contribution is -2.42. The quantitative estimate of drug-likeness (QED) is 0.757.